The third kappa shape index (κ3) is 3.59. The van der Waals surface area contributed by atoms with Crippen molar-refractivity contribution in [3.8, 4) is 0 Å². The smallest absolute Gasteiger partial charge is 0.272 e. The molecule has 0 unspecified atom stereocenters. The zero-order valence-corrected chi connectivity index (χ0v) is 12.4. The predicted molar refractivity (Wildman–Crippen MR) is 80.3 cm³/mol. The lowest BCUT2D eigenvalue weighted by molar-refractivity contribution is -0.385. The van der Waals surface area contributed by atoms with Crippen LogP contribution in [0.2, 0.25) is 5.02 Å². The molecule has 2 aromatic rings. The van der Waals surface area contributed by atoms with E-state index in [2.05, 4.69) is 0 Å². The zero-order valence-electron chi connectivity index (χ0n) is 11.6. The summed E-state index contributed by atoms with van der Waals surface area (Å²) in [5.74, 6) is -1.48. The summed E-state index contributed by atoms with van der Waals surface area (Å²) in [5.41, 5.74) is 0.187. The molecule has 0 radical (unpaired) electrons. The lowest BCUT2D eigenvalue weighted by Gasteiger charge is -2.17. The molecule has 0 aliphatic rings. The molecule has 5 nitrogen and oxygen atoms in total. The number of carbonyl (C=O) groups excluding carboxylic acids is 1. The normalized spacial score (nSPS) is 10.3. The van der Waals surface area contributed by atoms with Crippen molar-refractivity contribution in [1.82, 2.24) is 4.90 Å². The number of rotatable bonds is 4. The second kappa shape index (κ2) is 6.53. The predicted octanol–water partition coefficient (Wildman–Crippen LogP) is 3.66. The Morgan fingerprint density at radius 2 is 2.05 bits per heavy atom. The van der Waals surface area contributed by atoms with E-state index in [1.54, 1.807) is 24.3 Å². The van der Waals surface area contributed by atoms with Crippen LogP contribution in [-0.4, -0.2) is 22.8 Å². The van der Waals surface area contributed by atoms with Crippen molar-refractivity contribution in [1.29, 1.82) is 0 Å². The first-order chi connectivity index (χ1) is 10.4. The van der Waals surface area contributed by atoms with E-state index < -0.39 is 22.3 Å². The molecule has 0 saturated heterocycles. The van der Waals surface area contributed by atoms with Crippen molar-refractivity contribution in [3.05, 3.63) is 74.5 Å². The van der Waals surface area contributed by atoms with Crippen molar-refractivity contribution in [3.63, 3.8) is 0 Å². The minimum atomic E-state index is -0.919. The fraction of sp³-hybridized carbons (Fsp3) is 0.133. The van der Waals surface area contributed by atoms with E-state index in [-0.39, 0.29) is 12.1 Å². The number of nitrogens with zero attached hydrogens (tertiary/aromatic N) is 2. The molecule has 7 heteroatoms. The van der Waals surface area contributed by atoms with E-state index in [1.165, 1.54) is 11.9 Å². The van der Waals surface area contributed by atoms with Gasteiger partial charge in [0.2, 0.25) is 0 Å². The van der Waals surface area contributed by atoms with Gasteiger partial charge in [0.1, 0.15) is 5.82 Å². The fourth-order valence-electron chi connectivity index (χ4n) is 1.98. The summed E-state index contributed by atoms with van der Waals surface area (Å²) in [5, 5.41) is 11.1. The molecule has 0 aliphatic heterocycles. The lowest BCUT2D eigenvalue weighted by atomic mass is 10.1. The Morgan fingerprint density at radius 1 is 1.32 bits per heavy atom. The maximum atomic E-state index is 13.9. The Balaban J connectivity index is 2.18. The van der Waals surface area contributed by atoms with Gasteiger partial charge in [-0.2, -0.15) is 0 Å². The number of nitro groups is 1. The number of hydrogen-bond donors (Lipinski definition) is 0. The van der Waals surface area contributed by atoms with Crippen molar-refractivity contribution >= 4 is 23.2 Å². The van der Waals surface area contributed by atoms with E-state index in [9.17, 15) is 19.3 Å². The Bertz CT molecular complexity index is 736. The van der Waals surface area contributed by atoms with Crippen LogP contribution >= 0.6 is 11.6 Å². The number of nitro benzene ring substituents is 1. The van der Waals surface area contributed by atoms with Crippen LogP contribution in [0.25, 0.3) is 0 Å². The minimum Gasteiger partial charge on any atom is -0.337 e. The number of hydrogen-bond acceptors (Lipinski definition) is 3. The van der Waals surface area contributed by atoms with Crippen LogP contribution in [0.5, 0.6) is 0 Å². The average Bonchev–Trinajstić information content (AvgIpc) is 2.46. The van der Waals surface area contributed by atoms with E-state index in [0.717, 1.165) is 23.8 Å². The summed E-state index contributed by atoms with van der Waals surface area (Å²) >= 11 is 5.87. The highest BCUT2D eigenvalue weighted by atomic mass is 35.5. The lowest BCUT2D eigenvalue weighted by Crippen LogP contribution is -2.27. The Labute approximate surface area is 131 Å². The molecule has 0 aliphatic carbocycles. The highest BCUT2D eigenvalue weighted by Crippen LogP contribution is 2.19. The Kier molecular flexibility index (Phi) is 4.72. The standard InChI is InChI=1S/C15H12ClFN2O3/c1-18(9-10-3-2-4-11(16)7-10)15(20)13-6-5-12(19(21)22)8-14(13)17/h2-8H,9H2,1H3. The molecule has 2 rings (SSSR count). The molecule has 114 valence electrons. The maximum Gasteiger partial charge on any atom is 0.272 e. The molecule has 0 saturated carbocycles. The Hall–Kier alpha value is -2.47. The topological polar surface area (TPSA) is 63.5 Å². The summed E-state index contributed by atoms with van der Waals surface area (Å²) < 4.78 is 13.9. The summed E-state index contributed by atoms with van der Waals surface area (Å²) in [6.07, 6.45) is 0. The van der Waals surface area contributed by atoms with Crippen molar-refractivity contribution in [2.24, 2.45) is 0 Å². The van der Waals surface area contributed by atoms with E-state index in [4.69, 9.17) is 11.6 Å². The van der Waals surface area contributed by atoms with Gasteiger partial charge < -0.3 is 4.90 Å². The summed E-state index contributed by atoms with van der Waals surface area (Å²) in [6.45, 7) is 0.246. The molecule has 0 N–H and O–H groups in total. The van der Waals surface area contributed by atoms with Crippen LogP contribution in [0.3, 0.4) is 0 Å². The first kappa shape index (κ1) is 15.9. The molecule has 0 heterocycles. The fourth-order valence-corrected chi connectivity index (χ4v) is 2.19. The second-order valence-electron chi connectivity index (χ2n) is 4.71. The quantitative estimate of drug-likeness (QED) is 0.637. The molecule has 0 bridgehead atoms. The number of non-ortho nitro benzene ring substituents is 1. The van der Waals surface area contributed by atoms with Gasteiger partial charge in [-0.25, -0.2) is 4.39 Å². The first-order valence-electron chi connectivity index (χ1n) is 6.32. The summed E-state index contributed by atoms with van der Waals surface area (Å²) in [7, 11) is 1.52. The molecule has 0 fully saturated rings. The van der Waals surface area contributed by atoms with Crippen molar-refractivity contribution < 1.29 is 14.1 Å². The van der Waals surface area contributed by atoms with Gasteiger partial charge in [0.15, 0.2) is 0 Å². The number of carbonyl (C=O) groups is 1. The summed E-state index contributed by atoms with van der Waals surface area (Å²) in [6, 6.07) is 9.92. The average molecular weight is 323 g/mol. The van der Waals surface area contributed by atoms with Gasteiger partial charge in [0, 0.05) is 24.7 Å². The van der Waals surface area contributed by atoms with Gasteiger partial charge in [-0.1, -0.05) is 23.7 Å². The third-order valence-electron chi connectivity index (χ3n) is 3.05. The maximum absolute atomic E-state index is 13.9. The van der Waals surface area contributed by atoms with E-state index in [0.29, 0.717) is 5.02 Å². The zero-order chi connectivity index (χ0) is 16.3. The van der Waals surface area contributed by atoms with Gasteiger partial charge >= 0.3 is 0 Å². The third-order valence-corrected chi connectivity index (χ3v) is 3.28. The van der Waals surface area contributed by atoms with Crippen molar-refractivity contribution in [2.45, 2.75) is 6.54 Å². The highest BCUT2D eigenvalue weighted by Gasteiger charge is 2.19. The van der Waals surface area contributed by atoms with E-state index >= 15 is 0 Å². The molecule has 0 aromatic heterocycles. The van der Waals surface area contributed by atoms with Gasteiger partial charge in [-0.15, -0.1) is 0 Å². The molecule has 22 heavy (non-hydrogen) atoms. The van der Waals surface area contributed by atoms with Crippen LogP contribution in [0.1, 0.15) is 15.9 Å². The summed E-state index contributed by atoms with van der Waals surface area (Å²) in [4.78, 5) is 23.4. The van der Waals surface area contributed by atoms with Crippen molar-refractivity contribution in [2.75, 3.05) is 7.05 Å². The number of benzene rings is 2. The molecular formula is C15H12ClFN2O3. The van der Waals surface area contributed by atoms with Crippen LogP contribution in [0, 0.1) is 15.9 Å². The van der Waals surface area contributed by atoms with Gasteiger partial charge in [0.05, 0.1) is 16.6 Å². The van der Waals surface area contributed by atoms with Gasteiger partial charge in [-0.3, -0.25) is 14.9 Å². The number of halogens is 2. The largest absolute Gasteiger partial charge is 0.337 e. The van der Waals surface area contributed by atoms with Crippen LogP contribution < -0.4 is 0 Å². The van der Waals surface area contributed by atoms with Crippen LogP contribution in [0.15, 0.2) is 42.5 Å². The van der Waals surface area contributed by atoms with Crippen LogP contribution in [0.4, 0.5) is 10.1 Å². The SMILES string of the molecule is CN(Cc1cccc(Cl)c1)C(=O)c1ccc([N+](=O)[O-])cc1F. The Morgan fingerprint density at radius 3 is 2.64 bits per heavy atom. The molecule has 0 atom stereocenters. The van der Waals surface area contributed by atoms with Crippen LogP contribution in [-0.2, 0) is 6.54 Å². The first-order valence-corrected chi connectivity index (χ1v) is 6.70. The van der Waals surface area contributed by atoms with Gasteiger partial charge in [0.25, 0.3) is 11.6 Å². The van der Waals surface area contributed by atoms with Gasteiger partial charge in [-0.05, 0) is 23.8 Å². The molecule has 2 aromatic carbocycles. The second-order valence-corrected chi connectivity index (χ2v) is 5.15. The monoisotopic (exact) mass is 322 g/mol. The highest BCUT2D eigenvalue weighted by molar-refractivity contribution is 6.30. The van der Waals surface area contributed by atoms with E-state index in [1.807, 2.05) is 0 Å². The molecule has 1 amide bonds. The molecule has 0 spiro atoms. The molecular weight excluding hydrogens is 311 g/mol. The minimum absolute atomic E-state index is 0.213. The number of amides is 1.